The van der Waals surface area contributed by atoms with Gasteiger partial charge < -0.3 is 9.47 Å². The van der Waals surface area contributed by atoms with E-state index in [4.69, 9.17) is 9.47 Å². The lowest BCUT2D eigenvalue weighted by Gasteiger charge is -2.11. The first-order chi connectivity index (χ1) is 15.0. The highest BCUT2D eigenvalue weighted by molar-refractivity contribution is 9.10. The van der Waals surface area contributed by atoms with E-state index in [2.05, 4.69) is 20.9 Å². The molecule has 0 bridgehead atoms. The molecule has 6 nitrogen and oxygen atoms in total. The molecule has 31 heavy (non-hydrogen) atoms. The molecular weight excluding hydrogens is 500 g/mol. The first kappa shape index (κ1) is 19.9. The second-order valence-electron chi connectivity index (χ2n) is 6.54. The van der Waals surface area contributed by atoms with E-state index in [1.54, 1.807) is 34.7 Å². The summed E-state index contributed by atoms with van der Waals surface area (Å²) >= 11 is 6.08. The molecule has 9 heteroatoms. The number of carbonyl (C=O) groups is 1. The maximum atomic E-state index is 13.0. The molecule has 0 radical (unpaired) electrons. The van der Waals surface area contributed by atoms with E-state index in [0.29, 0.717) is 24.6 Å². The lowest BCUT2D eigenvalue weighted by molar-refractivity contribution is 0.0733. The van der Waals surface area contributed by atoms with E-state index in [0.717, 1.165) is 16.6 Å². The molecule has 0 aliphatic heterocycles. The summed E-state index contributed by atoms with van der Waals surface area (Å²) in [6.07, 6.45) is 1.77. The van der Waals surface area contributed by atoms with Crippen molar-refractivity contribution in [3.05, 3.63) is 83.7 Å². The molecule has 0 aliphatic carbocycles. The van der Waals surface area contributed by atoms with E-state index >= 15 is 0 Å². The van der Waals surface area contributed by atoms with Crippen LogP contribution in [0.1, 0.15) is 15.2 Å². The molecule has 0 saturated carbocycles. The van der Waals surface area contributed by atoms with Gasteiger partial charge in [0.2, 0.25) is 0 Å². The zero-order valence-electron chi connectivity index (χ0n) is 16.0. The number of para-hydroxylation sites is 2. The molecule has 154 valence electrons. The van der Waals surface area contributed by atoms with Crippen LogP contribution in [0.15, 0.2) is 63.2 Å². The monoisotopic (exact) mass is 512 g/mol. The number of halogens is 1. The molecule has 5 rings (SSSR count). The van der Waals surface area contributed by atoms with Crippen LogP contribution in [0.2, 0.25) is 0 Å². The SMILES string of the molecule is COc1cc(/C=c2\sc3nc4ccccc4n3c2=O)cc(Br)c1OC(=O)c1cccs1. The molecule has 3 aromatic heterocycles. The van der Waals surface area contributed by atoms with Gasteiger partial charge in [-0.05, 0) is 63.3 Å². The van der Waals surface area contributed by atoms with Gasteiger partial charge in [-0.1, -0.05) is 29.5 Å². The summed E-state index contributed by atoms with van der Waals surface area (Å²) in [5, 5.41) is 1.81. The number of ether oxygens (including phenoxy) is 2. The molecule has 0 atom stereocenters. The summed E-state index contributed by atoms with van der Waals surface area (Å²) in [4.78, 5) is 31.0. The maximum Gasteiger partial charge on any atom is 0.353 e. The van der Waals surface area contributed by atoms with Crippen LogP contribution < -0.4 is 19.6 Å². The fourth-order valence-electron chi connectivity index (χ4n) is 3.22. The van der Waals surface area contributed by atoms with Crippen molar-refractivity contribution in [3.63, 3.8) is 0 Å². The molecule has 0 fully saturated rings. The third-order valence-electron chi connectivity index (χ3n) is 4.61. The third kappa shape index (κ3) is 3.54. The first-order valence-electron chi connectivity index (χ1n) is 9.10. The Bertz CT molecular complexity index is 1550. The number of esters is 1. The summed E-state index contributed by atoms with van der Waals surface area (Å²) in [6.45, 7) is 0. The van der Waals surface area contributed by atoms with Crippen LogP contribution in [0, 0.1) is 0 Å². The number of rotatable bonds is 4. The van der Waals surface area contributed by atoms with Gasteiger partial charge in [0.05, 0.1) is 27.1 Å². The van der Waals surface area contributed by atoms with Crippen LogP contribution in [-0.2, 0) is 0 Å². The number of benzene rings is 2. The van der Waals surface area contributed by atoms with Crippen molar-refractivity contribution < 1.29 is 14.3 Å². The van der Waals surface area contributed by atoms with Gasteiger partial charge in [-0.25, -0.2) is 14.2 Å². The predicted octanol–water partition coefficient (Wildman–Crippen LogP) is 4.51. The van der Waals surface area contributed by atoms with Crippen molar-refractivity contribution in [2.75, 3.05) is 7.11 Å². The van der Waals surface area contributed by atoms with E-state index in [1.807, 2.05) is 29.6 Å². The Morgan fingerprint density at radius 2 is 2.03 bits per heavy atom. The van der Waals surface area contributed by atoms with Gasteiger partial charge in [-0.15, -0.1) is 11.3 Å². The summed E-state index contributed by atoms with van der Waals surface area (Å²) in [7, 11) is 1.50. The Kier molecular flexibility index (Phi) is 5.09. The molecule has 0 amide bonds. The number of hydrogen-bond acceptors (Lipinski definition) is 7. The number of fused-ring (bicyclic) bond motifs is 3. The molecular formula is C22H13BrN2O4S2. The molecule has 3 heterocycles. The minimum absolute atomic E-state index is 0.128. The quantitative estimate of drug-likeness (QED) is 0.261. The molecule has 5 aromatic rings. The largest absolute Gasteiger partial charge is 0.493 e. The minimum atomic E-state index is -0.459. The summed E-state index contributed by atoms with van der Waals surface area (Å²) < 4.78 is 13.7. The van der Waals surface area contributed by atoms with Crippen molar-refractivity contribution in [3.8, 4) is 11.5 Å². The average molecular weight is 513 g/mol. The Morgan fingerprint density at radius 3 is 2.81 bits per heavy atom. The lowest BCUT2D eigenvalue weighted by atomic mass is 10.2. The number of thiazole rings is 1. The second kappa shape index (κ2) is 7.92. The number of hydrogen-bond donors (Lipinski definition) is 0. The number of thiophene rings is 1. The Balaban J connectivity index is 1.57. The van der Waals surface area contributed by atoms with E-state index < -0.39 is 5.97 Å². The summed E-state index contributed by atoms with van der Waals surface area (Å²) in [6, 6.07) is 14.5. The standard InChI is InChI=1S/C22H13BrN2O4S2/c1-28-16-10-12(9-13(23)19(16)29-21(27)17-7-4-8-30-17)11-18-20(26)25-15-6-3-2-5-14(15)24-22(25)31-18/h2-11H,1H3/b18-11-. The highest BCUT2D eigenvalue weighted by Gasteiger charge is 2.18. The minimum Gasteiger partial charge on any atom is -0.493 e. The van der Waals surface area contributed by atoms with E-state index in [9.17, 15) is 9.59 Å². The molecule has 2 aromatic carbocycles. The fourth-order valence-corrected chi connectivity index (χ4v) is 5.35. The van der Waals surface area contributed by atoms with Crippen LogP contribution >= 0.6 is 38.6 Å². The van der Waals surface area contributed by atoms with Crippen molar-refractivity contribution >= 4 is 66.6 Å². The highest BCUT2D eigenvalue weighted by Crippen LogP contribution is 2.37. The molecule has 0 N–H and O–H groups in total. The Labute approximate surface area is 192 Å². The number of carbonyl (C=O) groups excluding carboxylic acids is 1. The molecule has 0 saturated heterocycles. The van der Waals surface area contributed by atoms with Crippen LogP contribution in [0.25, 0.3) is 22.1 Å². The van der Waals surface area contributed by atoms with Crippen molar-refractivity contribution in [1.82, 2.24) is 9.38 Å². The normalized spacial score (nSPS) is 12.0. The van der Waals surface area contributed by atoms with Crippen LogP contribution in [0.4, 0.5) is 0 Å². The molecule has 0 unspecified atom stereocenters. The summed E-state index contributed by atoms with van der Waals surface area (Å²) in [5.41, 5.74) is 2.18. The zero-order chi connectivity index (χ0) is 21.5. The van der Waals surface area contributed by atoms with Gasteiger partial charge in [-0.2, -0.15) is 0 Å². The van der Waals surface area contributed by atoms with Gasteiger partial charge in [-0.3, -0.25) is 4.79 Å². The van der Waals surface area contributed by atoms with Gasteiger partial charge in [0, 0.05) is 0 Å². The van der Waals surface area contributed by atoms with Crippen molar-refractivity contribution in [2.45, 2.75) is 0 Å². The van der Waals surface area contributed by atoms with Gasteiger partial charge in [0.1, 0.15) is 4.88 Å². The third-order valence-corrected chi connectivity index (χ3v) is 7.02. The van der Waals surface area contributed by atoms with E-state index in [-0.39, 0.29) is 11.3 Å². The molecule has 0 aliphatic rings. The topological polar surface area (TPSA) is 69.9 Å². The molecule has 0 spiro atoms. The first-order valence-corrected chi connectivity index (χ1v) is 11.6. The van der Waals surface area contributed by atoms with Crippen LogP contribution in [0.5, 0.6) is 11.5 Å². The smallest absolute Gasteiger partial charge is 0.353 e. The number of nitrogens with zero attached hydrogens (tertiary/aromatic N) is 2. The van der Waals surface area contributed by atoms with E-state index in [1.165, 1.54) is 29.8 Å². The van der Waals surface area contributed by atoms with Gasteiger partial charge >= 0.3 is 5.97 Å². The lowest BCUT2D eigenvalue weighted by Crippen LogP contribution is -2.22. The summed E-state index contributed by atoms with van der Waals surface area (Å²) in [5.74, 6) is 0.205. The van der Waals surface area contributed by atoms with Crippen LogP contribution in [-0.4, -0.2) is 22.5 Å². The Morgan fingerprint density at radius 1 is 1.19 bits per heavy atom. The van der Waals surface area contributed by atoms with Gasteiger partial charge in [0.25, 0.3) is 5.56 Å². The fraction of sp³-hybridized carbons (Fsp3) is 0.0455. The Hall–Kier alpha value is -3.01. The van der Waals surface area contributed by atoms with Crippen molar-refractivity contribution in [1.29, 1.82) is 0 Å². The number of aromatic nitrogens is 2. The zero-order valence-corrected chi connectivity index (χ0v) is 19.2. The second-order valence-corrected chi connectivity index (χ2v) is 9.35. The van der Waals surface area contributed by atoms with Crippen LogP contribution in [0.3, 0.4) is 0 Å². The van der Waals surface area contributed by atoms with Gasteiger partial charge in [0.15, 0.2) is 16.5 Å². The van der Waals surface area contributed by atoms with Crippen molar-refractivity contribution in [2.24, 2.45) is 0 Å². The highest BCUT2D eigenvalue weighted by atomic mass is 79.9. The average Bonchev–Trinajstić information content (AvgIpc) is 3.47. The predicted molar refractivity (Wildman–Crippen MR) is 126 cm³/mol. The number of imidazole rings is 1. The number of methoxy groups -OCH3 is 1. The maximum absolute atomic E-state index is 13.0.